The molecular weight excluding hydrogens is 256 g/mol. The van der Waals surface area contributed by atoms with Crippen LogP contribution in [0.5, 0.6) is 0 Å². The normalized spacial score (nSPS) is 17.8. The van der Waals surface area contributed by atoms with Crippen LogP contribution in [0.2, 0.25) is 0 Å². The first-order chi connectivity index (χ1) is 9.09. The van der Waals surface area contributed by atoms with Crippen molar-refractivity contribution in [2.75, 3.05) is 0 Å². The first-order valence-electron chi connectivity index (χ1n) is 7.56. The van der Waals surface area contributed by atoms with Crippen molar-refractivity contribution in [1.82, 2.24) is 0 Å². The van der Waals surface area contributed by atoms with Gasteiger partial charge in [-0.05, 0) is 37.5 Å². The Bertz CT molecular complexity index is 314. The summed E-state index contributed by atoms with van der Waals surface area (Å²) in [7, 11) is 0. The van der Waals surface area contributed by atoms with Gasteiger partial charge in [0.25, 0.3) is 0 Å². The van der Waals surface area contributed by atoms with E-state index in [0.29, 0.717) is 25.7 Å². The summed E-state index contributed by atoms with van der Waals surface area (Å²) in [5.41, 5.74) is -2.40. The van der Waals surface area contributed by atoms with Crippen LogP contribution >= 0.6 is 0 Å². The molecule has 0 rings (SSSR count). The molecule has 0 bridgehead atoms. The van der Waals surface area contributed by atoms with E-state index in [1.165, 1.54) is 0 Å². The van der Waals surface area contributed by atoms with E-state index >= 15 is 0 Å². The quantitative estimate of drug-likeness (QED) is 0.670. The van der Waals surface area contributed by atoms with Crippen LogP contribution < -0.4 is 0 Å². The zero-order valence-corrected chi connectivity index (χ0v) is 13.7. The number of aliphatic carboxylic acids is 2. The molecule has 2 unspecified atom stereocenters. The van der Waals surface area contributed by atoms with Gasteiger partial charge in [-0.15, -0.1) is 0 Å². The van der Waals surface area contributed by atoms with Gasteiger partial charge in [0.2, 0.25) is 0 Å². The van der Waals surface area contributed by atoms with Crippen LogP contribution in [0.15, 0.2) is 0 Å². The summed E-state index contributed by atoms with van der Waals surface area (Å²) < 4.78 is 0. The Morgan fingerprint density at radius 2 is 1.05 bits per heavy atom. The fourth-order valence-corrected chi connectivity index (χ4v) is 3.64. The second-order valence-electron chi connectivity index (χ2n) is 6.68. The molecule has 0 aliphatic rings. The molecule has 0 saturated heterocycles. The summed E-state index contributed by atoms with van der Waals surface area (Å²) in [6, 6.07) is 0. The molecule has 0 aromatic rings. The van der Waals surface area contributed by atoms with Crippen molar-refractivity contribution >= 4 is 11.9 Å². The van der Waals surface area contributed by atoms with Crippen molar-refractivity contribution in [2.24, 2.45) is 22.7 Å². The van der Waals surface area contributed by atoms with Gasteiger partial charge in [0, 0.05) is 0 Å². The fourth-order valence-electron chi connectivity index (χ4n) is 3.64. The van der Waals surface area contributed by atoms with E-state index in [-0.39, 0.29) is 11.8 Å². The SMILES string of the molecule is CCC(CC(C)C)(C(=O)O)C(CC)(CC(C)C)C(=O)O. The van der Waals surface area contributed by atoms with E-state index in [4.69, 9.17) is 0 Å². The number of hydrogen-bond donors (Lipinski definition) is 2. The van der Waals surface area contributed by atoms with E-state index in [2.05, 4.69) is 0 Å². The Morgan fingerprint density at radius 1 is 0.800 bits per heavy atom. The maximum Gasteiger partial charge on any atom is 0.310 e. The van der Waals surface area contributed by atoms with Crippen molar-refractivity contribution < 1.29 is 19.8 Å². The summed E-state index contributed by atoms with van der Waals surface area (Å²) in [6.07, 6.45) is 1.47. The van der Waals surface area contributed by atoms with Crippen LogP contribution in [0.4, 0.5) is 0 Å². The highest BCUT2D eigenvalue weighted by atomic mass is 16.4. The third-order valence-corrected chi connectivity index (χ3v) is 4.46. The molecule has 4 nitrogen and oxygen atoms in total. The molecule has 4 heteroatoms. The maximum absolute atomic E-state index is 12.0. The summed E-state index contributed by atoms with van der Waals surface area (Å²) in [4.78, 5) is 24.0. The van der Waals surface area contributed by atoms with Gasteiger partial charge in [-0.25, -0.2) is 0 Å². The summed E-state index contributed by atoms with van der Waals surface area (Å²) in [6.45, 7) is 11.4. The average molecular weight is 286 g/mol. The van der Waals surface area contributed by atoms with Crippen LogP contribution in [-0.4, -0.2) is 22.2 Å². The lowest BCUT2D eigenvalue weighted by atomic mass is 9.54. The van der Waals surface area contributed by atoms with Crippen LogP contribution in [0.25, 0.3) is 0 Å². The van der Waals surface area contributed by atoms with Crippen LogP contribution in [0.3, 0.4) is 0 Å². The number of carboxylic acids is 2. The molecule has 0 aromatic heterocycles. The van der Waals surface area contributed by atoms with Gasteiger partial charge < -0.3 is 10.2 Å². The monoisotopic (exact) mass is 286 g/mol. The topological polar surface area (TPSA) is 74.6 Å². The van der Waals surface area contributed by atoms with E-state index in [9.17, 15) is 19.8 Å². The zero-order chi connectivity index (χ0) is 16.1. The number of hydrogen-bond acceptors (Lipinski definition) is 2. The molecule has 0 heterocycles. The largest absolute Gasteiger partial charge is 0.481 e. The molecule has 118 valence electrons. The van der Waals surface area contributed by atoms with Crippen LogP contribution in [0.1, 0.15) is 67.2 Å². The van der Waals surface area contributed by atoms with Gasteiger partial charge in [-0.2, -0.15) is 0 Å². The van der Waals surface area contributed by atoms with Crippen molar-refractivity contribution in [1.29, 1.82) is 0 Å². The van der Waals surface area contributed by atoms with Crippen LogP contribution in [0, 0.1) is 22.7 Å². The summed E-state index contributed by atoms with van der Waals surface area (Å²) in [5.74, 6) is -1.66. The highest BCUT2D eigenvalue weighted by Gasteiger charge is 2.59. The van der Waals surface area contributed by atoms with E-state index in [0.717, 1.165) is 0 Å². The van der Waals surface area contributed by atoms with Gasteiger partial charge in [0.05, 0.1) is 10.8 Å². The van der Waals surface area contributed by atoms with Gasteiger partial charge in [0.1, 0.15) is 0 Å². The van der Waals surface area contributed by atoms with Crippen LogP contribution in [-0.2, 0) is 9.59 Å². The van der Waals surface area contributed by atoms with Crippen molar-refractivity contribution in [2.45, 2.75) is 67.2 Å². The van der Waals surface area contributed by atoms with Gasteiger partial charge >= 0.3 is 11.9 Å². The zero-order valence-electron chi connectivity index (χ0n) is 13.7. The molecular formula is C16H30O4. The Balaban J connectivity index is 6.11. The predicted molar refractivity (Wildman–Crippen MR) is 79.6 cm³/mol. The predicted octanol–water partition coefficient (Wildman–Crippen LogP) is 4.04. The summed E-state index contributed by atoms with van der Waals surface area (Å²) >= 11 is 0. The third-order valence-electron chi connectivity index (χ3n) is 4.46. The Morgan fingerprint density at radius 3 is 1.15 bits per heavy atom. The first-order valence-corrected chi connectivity index (χ1v) is 7.56. The standard InChI is InChI=1S/C16H30O4/c1-7-15(13(17)18,9-11(3)4)16(8-2,14(19)20)10-12(5)6/h11-12H,7-10H2,1-6H3,(H,17,18)(H,19,20). The average Bonchev–Trinajstić information content (AvgIpc) is 2.31. The van der Waals surface area contributed by atoms with Gasteiger partial charge in [-0.1, -0.05) is 41.5 Å². The lowest BCUT2D eigenvalue weighted by Crippen LogP contribution is -2.53. The van der Waals surface area contributed by atoms with Gasteiger partial charge in [-0.3, -0.25) is 9.59 Å². The molecule has 0 radical (unpaired) electrons. The molecule has 0 spiro atoms. The molecule has 2 N–H and O–H groups in total. The number of carboxylic acid groups (broad SMARTS) is 2. The minimum absolute atomic E-state index is 0.142. The number of carbonyl (C=O) groups is 2. The Hall–Kier alpha value is -1.06. The van der Waals surface area contributed by atoms with Gasteiger partial charge in [0.15, 0.2) is 0 Å². The summed E-state index contributed by atoms with van der Waals surface area (Å²) in [5, 5.41) is 19.7. The maximum atomic E-state index is 12.0. The molecule has 0 aliphatic carbocycles. The molecule has 0 aliphatic heterocycles. The Kier molecular flexibility index (Phi) is 6.72. The first kappa shape index (κ1) is 18.9. The lowest BCUT2D eigenvalue weighted by molar-refractivity contribution is -0.179. The lowest BCUT2D eigenvalue weighted by Gasteiger charge is -2.46. The molecule has 20 heavy (non-hydrogen) atoms. The molecule has 0 aromatic carbocycles. The van der Waals surface area contributed by atoms with Crippen molar-refractivity contribution in [3.8, 4) is 0 Å². The smallest absolute Gasteiger partial charge is 0.310 e. The minimum Gasteiger partial charge on any atom is -0.481 e. The van der Waals surface area contributed by atoms with E-state index < -0.39 is 22.8 Å². The minimum atomic E-state index is -1.20. The Labute approximate surface area is 122 Å². The van der Waals surface area contributed by atoms with E-state index in [1.54, 1.807) is 13.8 Å². The molecule has 0 saturated carbocycles. The number of rotatable bonds is 9. The third kappa shape index (κ3) is 3.33. The second kappa shape index (κ2) is 7.09. The highest BCUT2D eigenvalue weighted by molar-refractivity contribution is 5.86. The van der Waals surface area contributed by atoms with E-state index in [1.807, 2.05) is 27.7 Å². The molecule has 0 amide bonds. The molecule has 0 fully saturated rings. The second-order valence-corrected chi connectivity index (χ2v) is 6.68. The highest BCUT2D eigenvalue weighted by Crippen LogP contribution is 2.53. The van der Waals surface area contributed by atoms with Crippen molar-refractivity contribution in [3.05, 3.63) is 0 Å². The molecule has 2 atom stereocenters. The fraction of sp³-hybridized carbons (Fsp3) is 0.875. The van der Waals surface area contributed by atoms with Crippen molar-refractivity contribution in [3.63, 3.8) is 0 Å².